The SMILES string of the molecule is Cn1nnnc1C(Cl)(Cl)Cl. The van der Waals surface area contributed by atoms with Crippen LogP contribution in [0.25, 0.3) is 0 Å². The number of hydrogen-bond acceptors (Lipinski definition) is 3. The lowest BCUT2D eigenvalue weighted by Gasteiger charge is -2.06. The molecule has 0 atom stereocenters. The minimum Gasteiger partial charge on any atom is -0.229 e. The fraction of sp³-hybridized carbons (Fsp3) is 0.667. The Balaban J connectivity index is 3.05. The zero-order chi connectivity index (χ0) is 7.78. The maximum absolute atomic E-state index is 5.47. The molecule has 56 valence electrons. The molecule has 0 N–H and O–H groups in total. The van der Waals surface area contributed by atoms with Crippen molar-refractivity contribution in [1.82, 2.24) is 20.2 Å². The molecule has 0 aromatic carbocycles. The maximum atomic E-state index is 5.47. The van der Waals surface area contributed by atoms with E-state index in [1.54, 1.807) is 7.05 Å². The number of nitrogens with zero attached hydrogens (tertiary/aromatic N) is 4. The average molecular weight is 201 g/mol. The van der Waals surface area contributed by atoms with Crippen molar-refractivity contribution >= 4 is 34.8 Å². The summed E-state index contributed by atoms with van der Waals surface area (Å²) in [4.78, 5) is 0. The van der Waals surface area contributed by atoms with Crippen molar-refractivity contribution in [3.8, 4) is 0 Å². The molecule has 0 aliphatic carbocycles. The molecule has 1 aromatic heterocycles. The Bertz CT molecular complexity index is 226. The lowest BCUT2D eigenvalue weighted by atomic mass is 10.7. The first-order valence-corrected chi connectivity index (χ1v) is 3.45. The normalized spacial score (nSPS) is 12.0. The van der Waals surface area contributed by atoms with E-state index in [0.717, 1.165) is 0 Å². The van der Waals surface area contributed by atoms with Gasteiger partial charge in [0.15, 0.2) is 0 Å². The highest BCUT2D eigenvalue weighted by atomic mass is 35.6. The molecule has 0 spiro atoms. The van der Waals surface area contributed by atoms with Crippen LogP contribution in [-0.4, -0.2) is 20.2 Å². The number of rotatable bonds is 0. The van der Waals surface area contributed by atoms with Crippen molar-refractivity contribution in [3.05, 3.63) is 5.82 Å². The van der Waals surface area contributed by atoms with E-state index in [1.165, 1.54) is 4.68 Å². The van der Waals surface area contributed by atoms with E-state index in [4.69, 9.17) is 34.8 Å². The summed E-state index contributed by atoms with van der Waals surface area (Å²) in [6.45, 7) is 0. The van der Waals surface area contributed by atoms with Gasteiger partial charge in [-0.25, -0.2) is 4.68 Å². The van der Waals surface area contributed by atoms with Gasteiger partial charge < -0.3 is 0 Å². The number of hydrogen-bond donors (Lipinski definition) is 0. The van der Waals surface area contributed by atoms with Crippen LogP contribution >= 0.6 is 34.8 Å². The molecule has 1 heterocycles. The number of alkyl halides is 3. The first-order valence-electron chi connectivity index (χ1n) is 2.31. The van der Waals surface area contributed by atoms with Gasteiger partial charge in [0.05, 0.1) is 0 Å². The Morgan fingerprint density at radius 3 is 2.20 bits per heavy atom. The fourth-order valence-electron chi connectivity index (χ4n) is 0.470. The molecule has 0 fully saturated rings. The van der Waals surface area contributed by atoms with E-state index in [0.29, 0.717) is 0 Å². The molecule has 1 rings (SSSR count). The van der Waals surface area contributed by atoms with Crippen molar-refractivity contribution in [3.63, 3.8) is 0 Å². The molecule has 4 nitrogen and oxygen atoms in total. The van der Waals surface area contributed by atoms with E-state index >= 15 is 0 Å². The smallest absolute Gasteiger partial charge is 0.229 e. The van der Waals surface area contributed by atoms with E-state index in [9.17, 15) is 0 Å². The van der Waals surface area contributed by atoms with Crippen LogP contribution in [0.2, 0.25) is 0 Å². The van der Waals surface area contributed by atoms with Gasteiger partial charge in [0.1, 0.15) is 0 Å². The Hall–Kier alpha value is -0.0600. The Morgan fingerprint density at radius 2 is 2.00 bits per heavy atom. The van der Waals surface area contributed by atoms with Gasteiger partial charge in [-0.1, -0.05) is 34.8 Å². The molecule has 1 aromatic rings. The third kappa shape index (κ3) is 1.51. The number of aryl methyl sites for hydroxylation is 1. The van der Waals surface area contributed by atoms with Gasteiger partial charge in [-0.3, -0.25) is 0 Å². The molecule has 10 heavy (non-hydrogen) atoms. The van der Waals surface area contributed by atoms with Gasteiger partial charge in [0.2, 0.25) is 5.82 Å². The van der Waals surface area contributed by atoms with Crippen LogP contribution in [0.15, 0.2) is 0 Å². The molecule has 0 unspecified atom stereocenters. The maximum Gasteiger partial charge on any atom is 0.251 e. The Morgan fingerprint density at radius 1 is 1.40 bits per heavy atom. The van der Waals surface area contributed by atoms with Crippen LogP contribution in [0, 0.1) is 0 Å². The Kier molecular flexibility index (Phi) is 2.03. The quantitative estimate of drug-likeness (QED) is 0.589. The fourth-order valence-corrected chi connectivity index (χ4v) is 0.950. The summed E-state index contributed by atoms with van der Waals surface area (Å²) in [6, 6.07) is 0. The van der Waals surface area contributed by atoms with Gasteiger partial charge in [0, 0.05) is 7.05 Å². The van der Waals surface area contributed by atoms with Crippen molar-refractivity contribution < 1.29 is 0 Å². The average Bonchev–Trinajstić information content (AvgIpc) is 2.11. The van der Waals surface area contributed by atoms with E-state index in [1.807, 2.05) is 0 Å². The molecule has 0 radical (unpaired) electrons. The lowest BCUT2D eigenvalue weighted by Crippen LogP contribution is -2.09. The summed E-state index contributed by atoms with van der Waals surface area (Å²) in [7, 11) is 1.59. The van der Waals surface area contributed by atoms with Gasteiger partial charge in [-0.2, -0.15) is 0 Å². The van der Waals surface area contributed by atoms with E-state index < -0.39 is 3.79 Å². The zero-order valence-corrected chi connectivity index (χ0v) is 7.19. The first-order chi connectivity index (χ1) is 4.52. The topological polar surface area (TPSA) is 43.6 Å². The van der Waals surface area contributed by atoms with Crippen LogP contribution in [0.3, 0.4) is 0 Å². The number of tetrazole rings is 1. The summed E-state index contributed by atoms with van der Waals surface area (Å²) in [5, 5.41) is 10.3. The van der Waals surface area contributed by atoms with Gasteiger partial charge in [-0.15, -0.1) is 5.10 Å². The molecule has 0 saturated carbocycles. The molecular weight excluding hydrogens is 198 g/mol. The van der Waals surface area contributed by atoms with Crippen LogP contribution < -0.4 is 0 Å². The zero-order valence-electron chi connectivity index (χ0n) is 4.92. The summed E-state index contributed by atoms with van der Waals surface area (Å²) in [6.07, 6.45) is 0. The van der Waals surface area contributed by atoms with Gasteiger partial charge >= 0.3 is 0 Å². The molecule has 0 aliphatic heterocycles. The van der Waals surface area contributed by atoms with E-state index in [-0.39, 0.29) is 5.82 Å². The van der Waals surface area contributed by atoms with Crippen LogP contribution in [0.1, 0.15) is 5.82 Å². The molecule has 7 heteroatoms. The van der Waals surface area contributed by atoms with Crippen molar-refractivity contribution in [2.24, 2.45) is 7.05 Å². The second-order valence-corrected chi connectivity index (χ2v) is 3.91. The predicted molar refractivity (Wildman–Crippen MR) is 38.0 cm³/mol. The minimum atomic E-state index is -1.54. The standard InChI is InChI=1S/C3H3Cl3N4/c1-10-2(3(4,5)6)7-8-9-10/h1H3. The molecule has 0 saturated heterocycles. The molecular formula is C3H3Cl3N4. The van der Waals surface area contributed by atoms with E-state index in [2.05, 4.69) is 15.5 Å². The summed E-state index contributed by atoms with van der Waals surface area (Å²) in [5.74, 6) is 0.206. The van der Waals surface area contributed by atoms with Crippen molar-refractivity contribution in [2.45, 2.75) is 3.79 Å². The number of aromatic nitrogens is 4. The molecule has 0 amide bonds. The first kappa shape index (κ1) is 8.04. The Labute approximate surface area is 72.1 Å². The van der Waals surface area contributed by atoms with Crippen molar-refractivity contribution in [1.29, 1.82) is 0 Å². The highest BCUT2D eigenvalue weighted by Gasteiger charge is 2.28. The monoisotopic (exact) mass is 200 g/mol. The predicted octanol–water partition coefficient (Wildman–Crippen LogP) is 1.04. The van der Waals surface area contributed by atoms with Gasteiger partial charge in [-0.05, 0) is 10.4 Å². The molecule has 0 aliphatic rings. The third-order valence-corrected chi connectivity index (χ3v) is 1.38. The van der Waals surface area contributed by atoms with Crippen LogP contribution in [-0.2, 0) is 10.8 Å². The summed E-state index contributed by atoms with van der Waals surface area (Å²) in [5.41, 5.74) is 0. The lowest BCUT2D eigenvalue weighted by molar-refractivity contribution is 0.684. The number of halogens is 3. The second-order valence-electron chi connectivity index (χ2n) is 1.62. The third-order valence-electron chi connectivity index (χ3n) is 0.874. The highest BCUT2D eigenvalue weighted by molar-refractivity contribution is 6.66. The summed E-state index contributed by atoms with van der Waals surface area (Å²) >= 11 is 16.4. The highest BCUT2D eigenvalue weighted by Crippen LogP contribution is 2.35. The van der Waals surface area contributed by atoms with Crippen LogP contribution in [0.4, 0.5) is 0 Å². The summed E-state index contributed by atoms with van der Waals surface area (Å²) < 4.78 is -0.245. The van der Waals surface area contributed by atoms with Crippen molar-refractivity contribution in [2.75, 3.05) is 0 Å². The largest absolute Gasteiger partial charge is 0.251 e. The van der Waals surface area contributed by atoms with Crippen LogP contribution in [0.5, 0.6) is 0 Å². The second kappa shape index (κ2) is 2.53. The van der Waals surface area contributed by atoms with Gasteiger partial charge in [0.25, 0.3) is 3.79 Å². The minimum absolute atomic E-state index is 0.206. The molecule has 0 bridgehead atoms.